The van der Waals surface area contributed by atoms with Gasteiger partial charge in [-0.25, -0.2) is 0 Å². The maximum Gasteiger partial charge on any atom is 0.243 e. The molecule has 9 aromatic rings. The lowest BCUT2D eigenvalue weighted by Crippen LogP contribution is -2.93. The van der Waals surface area contributed by atoms with E-state index < -0.39 is 16.1 Å². The summed E-state index contributed by atoms with van der Waals surface area (Å²) in [6.45, 7) is 0.327. The fourth-order valence-corrected chi connectivity index (χ4v) is 25.3. The smallest absolute Gasteiger partial charge is 0.0912 e. The summed E-state index contributed by atoms with van der Waals surface area (Å²) in [5, 5.41) is 12.3. The van der Waals surface area contributed by atoms with Gasteiger partial charge in [-0.3, -0.25) is 0 Å². The molecule has 0 saturated heterocycles. The summed E-state index contributed by atoms with van der Waals surface area (Å²) in [7, 11) is -5.41. The van der Waals surface area contributed by atoms with Crippen LogP contribution in [0, 0.1) is 0 Å². The zero-order valence-corrected chi connectivity index (χ0v) is 35.0. The van der Waals surface area contributed by atoms with Crippen LogP contribution in [0.1, 0.15) is 0 Å². The monoisotopic (exact) mass is 792 g/mol. The molecule has 0 radical (unpaired) electrons. The number of benzene rings is 9. The third-order valence-corrected chi connectivity index (χ3v) is 25.7. The van der Waals surface area contributed by atoms with Crippen LogP contribution in [0.5, 0.6) is 0 Å². The molecule has 2 spiro atoms. The predicted octanol–water partition coefficient (Wildman–Crippen LogP) is 2.53. The normalized spacial score (nSPS) is 15.6. The van der Waals surface area contributed by atoms with Gasteiger partial charge in [0.05, 0.1) is 0 Å². The van der Waals surface area contributed by atoms with Gasteiger partial charge in [-0.05, 0) is 75.9 Å². The average molecular weight is 793 g/mol. The number of hydrogen-bond donors (Lipinski definition) is 0. The first-order chi connectivity index (χ1) is 29.3. The fraction of sp³-hybridized carbons (Fsp3) is 0. The Labute approximate surface area is 351 Å². The quantitative estimate of drug-likeness (QED) is 0.231. The van der Waals surface area contributed by atoms with E-state index in [1.807, 2.05) is 11.8 Å². The highest BCUT2D eigenvalue weighted by molar-refractivity contribution is 8.00. The average Bonchev–Trinajstić information content (AvgIpc) is 3.77. The first-order valence-corrected chi connectivity index (χ1v) is 25.7. The van der Waals surface area contributed by atoms with E-state index in [1.54, 1.807) is 25.9 Å². The lowest BCUT2D eigenvalue weighted by molar-refractivity contribution is 1.44. The van der Waals surface area contributed by atoms with Crippen LogP contribution < -0.4 is 74.3 Å². The van der Waals surface area contributed by atoms with Crippen molar-refractivity contribution in [2.45, 2.75) is 9.79 Å². The van der Waals surface area contributed by atoms with Gasteiger partial charge >= 0.3 is 0 Å². The second-order valence-corrected chi connectivity index (χ2v) is 25.3. The molecule has 0 unspecified atom stereocenters. The van der Waals surface area contributed by atoms with Crippen LogP contribution in [-0.2, 0) is 0 Å². The van der Waals surface area contributed by atoms with Crippen molar-refractivity contribution in [3.05, 3.63) is 206 Å². The Morgan fingerprint density at radius 1 is 0.288 bits per heavy atom. The van der Waals surface area contributed by atoms with Gasteiger partial charge < -0.3 is 0 Å². The summed E-state index contributed by atoms with van der Waals surface area (Å²) in [4.78, 5) is 2.79. The van der Waals surface area contributed by atoms with E-state index in [0.29, 0.717) is 0 Å². The van der Waals surface area contributed by atoms with Crippen LogP contribution in [-0.4, -0.2) is 29.6 Å². The molecule has 0 fully saturated rings. The van der Waals surface area contributed by atoms with E-state index in [4.69, 9.17) is 0 Å². The highest BCUT2D eigenvalue weighted by Crippen LogP contribution is 2.36. The molecule has 5 heterocycles. The van der Waals surface area contributed by atoms with Crippen LogP contribution in [0.25, 0.3) is 22.3 Å². The highest BCUT2D eigenvalue weighted by Gasteiger charge is 2.57. The molecule has 0 N–H and O–H groups in total. The van der Waals surface area contributed by atoms with Crippen molar-refractivity contribution in [2.24, 2.45) is 0 Å². The number of rotatable bonds is 1. The van der Waals surface area contributed by atoms with Crippen LogP contribution in [0.3, 0.4) is 0 Å². The van der Waals surface area contributed by atoms with Gasteiger partial charge in [0.2, 0.25) is 13.4 Å². The van der Waals surface area contributed by atoms with Gasteiger partial charge in [-0.2, -0.15) is 0 Å². The maximum atomic E-state index is 2.68. The molecule has 59 heavy (non-hydrogen) atoms. The third-order valence-electron chi connectivity index (χ3n) is 14.6. The Hall–Kier alpha value is -6.11. The molecular formula is C54H34B2SSi2. The first kappa shape index (κ1) is 32.8. The lowest BCUT2D eigenvalue weighted by atomic mass is 9.36. The van der Waals surface area contributed by atoms with Gasteiger partial charge in [0, 0.05) is 9.79 Å². The highest BCUT2D eigenvalue weighted by atomic mass is 32.2. The number of fused-ring (bicyclic) bond motifs is 20. The van der Waals surface area contributed by atoms with E-state index in [-0.39, 0.29) is 13.4 Å². The summed E-state index contributed by atoms with van der Waals surface area (Å²) < 4.78 is 0. The van der Waals surface area contributed by atoms with Gasteiger partial charge in [0.25, 0.3) is 0 Å². The van der Waals surface area contributed by atoms with E-state index in [0.717, 1.165) is 0 Å². The number of hydrogen-bond acceptors (Lipinski definition) is 1. The van der Waals surface area contributed by atoms with Crippen molar-refractivity contribution in [1.82, 2.24) is 0 Å². The third kappa shape index (κ3) is 3.90. The minimum absolute atomic E-state index is 0.104. The zero-order valence-electron chi connectivity index (χ0n) is 32.2. The molecule has 0 amide bonds. The van der Waals surface area contributed by atoms with E-state index in [2.05, 4.69) is 206 Å². The van der Waals surface area contributed by atoms with Crippen molar-refractivity contribution >= 4 is 116 Å². The minimum Gasteiger partial charge on any atom is -0.0912 e. The Kier molecular flexibility index (Phi) is 6.54. The summed E-state index contributed by atoms with van der Waals surface area (Å²) in [5.41, 5.74) is 14.4. The van der Waals surface area contributed by atoms with Crippen LogP contribution >= 0.6 is 11.8 Å². The molecule has 5 aliphatic heterocycles. The van der Waals surface area contributed by atoms with Crippen molar-refractivity contribution in [3.63, 3.8) is 0 Å². The molecule has 0 saturated carbocycles. The van der Waals surface area contributed by atoms with Crippen molar-refractivity contribution in [1.29, 1.82) is 0 Å². The minimum atomic E-state index is -2.81. The van der Waals surface area contributed by atoms with E-state index in [1.165, 1.54) is 80.4 Å². The molecule has 0 aromatic heterocycles. The van der Waals surface area contributed by atoms with Crippen LogP contribution in [0.4, 0.5) is 0 Å². The molecule has 9 aromatic carbocycles. The van der Waals surface area contributed by atoms with Crippen molar-refractivity contribution in [2.75, 3.05) is 0 Å². The van der Waals surface area contributed by atoms with Gasteiger partial charge in [0.15, 0.2) is 16.1 Å². The molecule has 0 nitrogen and oxygen atoms in total. The molecule has 5 aliphatic rings. The topological polar surface area (TPSA) is 0 Å². The maximum absolute atomic E-state index is 2.81. The molecular weight excluding hydrogens is 758 g/mol. The Bertz CT molecular complexity index is 3210. The summed E-state index contributed by atoms with van der Waals surface area (Å²) in [6, 6.07) is 80.8. The van der Waals surface area contributed by atoms with Crippen LogP contribution in [0.2, 0.25) is 0 Å². The fourth-order valence-electron chi connectivity index (χ4n) is 12.6. The van der Waals surface area contributed by atoms with E-state index in [9.17, 15) is 0 Å². The largest absolute Gasteiger partial charge is 0.243 e. The first-order valence-electron chi connectivity index (χ1n) is 20.9. The Morgan fingerprint density at radius 3 is 1.27 bits per heavy atom. The second kappa shape index (κ2) is 11.8. The molecule has 0 bridgehead atoms. The summed E-state index contributed by atoms with van der Waals surface area (Å²) >= 11 is 1.96. The predicted molar refractivity (Wildman–Crippen MR) is 258 cm³/mol. The second-order valence-electron chi connectivity index (χ2n) is 16.9. The zero-order chi connectivity index (χ0) is 38.5. The van der Waals surface area contributed by atoms with Gasteiger partial charge in [-0.1, -0.05) is 239 Å². The molecule has 14 rings (SSSR count). The molecule has 0 atom stereocenters. The lowest BCUT2D eigenvalue weighted by Gasteiger charge is -2.49. The summed E-state index contributed by atoms with van der Waals surface area (Å²) in [6.07, 6.45) is 0. The standard InChI is InChI=1S/C54H34B2SSi2/c1-9-25-46-36(16-1)37-17-2-10-26-47(37)58(46)48-27-11-3-18-38(48)39-33-32-35(34-53(39)58)55-41-20-5-12-28-49(41)59(50-29-13-6-21-42(50)55)51-30-14-7-22-43(51)56-40-19-4-8-23-44(40)57-45-24-15-31-52(59)54(45)56/h1-34H. The Morgan fingerprint density at radius 2 is 0.695 bits per heavy atom. The van der Waals surface area contributed by atoms with Gasteiger partial charge in [0.1, 0.15) is 0 Å². The van der Waals surface area contributed by atoms with Crippen LogP contribution in [0.15, 0.2) is 216 Å². The van der Waals surface area contributed by atoms with Crippen molar-refractivity contribution in [3.8, 4) is 22.3 Å². The molecule has 0 aliphatic carbocycles. The van der Waals surface area contributed by atoms with Gasteiger partial charge in [-0.15, -0.1) is 0 Å². The van der Waals surface area contributed by atoms with E-state index >= 15 is 0 Å². The summed E-state index contributed by atoms with van der Waals surface area (Å²) in [5.74, 6) is 0. The van der Waals surface area contributed by atoms with Crippen molar-refractivity contribution < 1.29 is 0 Å². The molecule has 270 valence electrons. The SMILES string of the molecule is c1ccc2c(c1)Sc1cccc3c1B2c1ccccc1[Si]31c2ccccc2B(c2ccc3c(c2)[Si]2(c4ccccc4-c4ccccc42)c2ccccc2-3)c2ccccc21. The Balaban J connectivity index is 1.05. The molecule has 5 heteroatoms.